The number of aromatic nitrogens is 2. The van der Waals surface area contributed by atoms with Crippen LogP contribution in [0.4, 0.5) is 0 Å². The molecule has 0 unspecified atom stereocenters. The molecule has 0 atom stereocenters. The summed E-state index contributed by atoms with van der Waals surface area (Å²) in [6, 6.07) is 21.6. The van der Waals surface area contributed by atoms with Crippen LogP contribution in [0.3, 0.4) is 0 Å². The second-order valence-corrected chi connectivity index (χ2v) is 9.98. The number of benzene rings is 2. The van der Waals surface area contributed by atoms with E-state index in [4.69, 9.17) is 0 Å². The van der Waals surface area contributed by atoms with Gasteiger partial charge in [0, 0.05) is 44.0 Å². The largest absolute Gasteiger partial charge is 0.345 e. The zero-order valence-corrected chi connectivity index (χ0v) is 18.8. The van der Waals surface area contributed by atoms with Crippen LogP contribution in [0.1, 0.15) is 5.56 Å². The van der Waals surface area contributed by atoms with Crippen LogP contribution in [0.2, 0.25) is 0 Å². The first-order valence-corrected chi connectivity index (χ1v) is 12.3. The molecule has 0 aliphatic carbocycles. The van der Waals surface area contributed by atoms with Crippen LogP contribution in [0.15, 0.2) is 84.0 Å². The number of nitrogens with zero attached hydrogens (tertiary/aromatic N) is 3. The summed E-state index contributed by atoms with van der Waals surface area (Å²) in [6.45, 7) is 1.30. The molecule has 0 saturated carbocycles. The molecule has 33 heavy (non-hydrogen) atoms. The van der Waals surface area contributed by atoms with E-state index in [0.717, 1.165) is 16.7 Å². The second kappa shape index (κ2) is 8.80. The van der Waals surface area contributed by atoms with Gasteiger partial charge < -0.3 is 9.88 Å². The number of H-pyrrole nitrogens is 1. The van der Waals surface area contributed by atoms with Gasteiger partial charge in [-0.15, -0.1) is 0 Å². The molecule has 1 amide bonds. The van der Waals surface area contributed by atoms with E-state index in [1.165, 1.54) is 10.5 Å². The van der Waals surface area contributed by atoms with E-state index in [1.54, 1.807) is 23.2 Å². The van der Waals surface area contributed by atoms with Gasteiger partial charge >= 0.3 is 0 Å². The predicted octanol–water partition coefficient (Wildman–Crippen LogP) is 3.31. The molecule has 1 aliphatic rings. The highest BCUT2D eigenvalue weighted by Crippen LogP contribution is 2.25. The number of fused-ring (bicyclic) bond motifs is 1. The molecule has 0 radical (unpaired) electrons. The molecule has 0 bridgehead atoms. The van der Waals surface area contributed by atoms with E-state index >= 15 is 0 Å². The molecule has 1 fully saturated rings. The Hall–Kier alpha value is -3.49. The Bertz CT molecular complexity index is 1370. The lowest BCUT2D eigenvalue weighted by Crippen LogP contribution is -2.50. The molecule has 3 heterocycles. The number of rotatable bonds is 5. The minimum atomic E-state index is -3.66. The summed E-state index contributed by atoms with van der Waals surface area (Å²) in [5.74, 6) is 0.0100. The summed E-state index contributed by atoms with van der Waals surface area (Å²) in [6.07, 6.45) is 3.41. The molecule has 1 aliphatic heterocycles. The van der Waals surface area contributed by atoms with Gasteiger partial charge in [0.15, 0.2) is 0 Å². The number of sulfonamides is 1. The Morgan fingerprint density at radius 3 is 2.30 bits per heavy atom. The zero-order valence-electron chi connectivity index (χ0n) is 18.0. The van der Waals surface area contributed by atoms with E-state index in [0.29, 0.717) is 30.5 Å². The number of nitrogens with one attached hydrogen (secondary N) is 1. The average molecular weight is 461 g/mol. The minimum absolute atomic E-state index is 0.0100. The number of carbonyl (C=O) groups is 1. The van der Waals surface area contributed by atoms with Crippen molar-refractivity contribution in [2.75, 3.05) is 26.2 Å². The number of aromatic amines is 1. The maximum atomic E-state index is 13.2. The summed E-state index contributed by atoms with van der Waals surface area (Å²) in [7, 11) is -3.66. The number of piperazine rings is 1. The van der Waals surface area contributed by atoms with Gasteiger partial charge in [-0.05, 0) is 28.8 Å². The van der Waals surface area contributed by atoms with Crippen LogP contribution in [-0.2, 0) is 21.2 Å². The van der Waals surface area contributed by atoms with Gasteiger partial charge in [0.1, 0.15) is 10.5 Å². The maximum Gasteiger partial charge on any atom is 0.245 e. The van der Waals surface area contributed by atoms with Crippen molar-refractivity contribution in [3.63, 3.8) is 0 Å². The van der Waals surface area contributed by atoms with E-state index in [1.807, 2.05) is 42.5 Å². The summed E-state index contributed by atoms with van der Waals surface area (Å²) in [5.41, 5.74) is 3.74. The third-order valence-corrected chi connectivity index (χ3v) is 7.98. The Labute approximate surface area is 192 Å². The maximum absolute atomic E-state index is 13.2. The van der Waals surface area contributed by atoms with Crippen molar-refractivity contribution >= 4 is 27.0 Å². The van der Waals surface area contributed by atoms with Crippen LogP contribution >= 0.6 is 0 Å². The first-order valence-electron chi connectivity index (χ1n) is 10.9. The first kappa shape index (κ1) is 21.4. The normalized spacial score (nSPS) is 15.1. The van der Waals surface area contributed by atoms with Crippen molar-refractivity contribution in [3.8, 4) is 11.1 Å². The molecule has 2 aromatic heterocycles. The lowest BCUT2D eigenvalue weighted by atomic mass is 10.0. The molecule has 1 saturated heterocycles. The fraction of sp³-hybridized carbons (Fsp3) is 0.200. The fourth-order valence-corrected chi connectivity index (χ4v) is 5.77. The number of hydrogen-bond donors (Lipinski definition) is 1. The van der Waals surface area contributed by atoms with Crippen LogP contribution in [0, 0.1) is 0 Å². The Balaban J connectivity index is 1.21. The van der Waals surface area contributed by atoms with Crippen molar-refractivity contribution < 1.29 is 13.2 Å². The van der Waals surface area contributed by atoms with Crippen molar-refractivity contribution in [1.82, 2.24) is 19.2 Å². The van der Waals surface area contributed by atoms with Crippen LogP contribution in [-0.4, -0.2) is 59.7 Å². The monoisotopic (exact) mass is 460 g/mol. The highest BCUT2D eigenvalue weighted by molar-refractivity contribution is 7.89. The molecular formula is C25H24N4O3S. The van der Waals surface area contributed by atoms with Gasteiger partial charge in [-0.1, -0.05) is 54.6 Å². The predicted molar refractivity (Wildman–Crippen MR) is 127 cm³/mol. The highest BCUT2D eigenvalue weighted by Gasteiger charge is 2.31. The molecule has 2 aromatic carbocycles. The fourth-order valence-electron chi connectivity index (χ4n) is 4.19. The third-order valence-electron chi connectivity index (χ3n) is 6.04. The molecule has 8 heteroatoms. The number of amides is 1. The smallest absolute Gasteiger partial charge is 0.245 e. The topological polar surface area (TPSA) is 86.4 Å². The van der Waals surface area contributed by atoms with Crippen LogP contribution in [0.25, 0.3) is 22.2 Å². The molecular weight excluding hydrogens is 436 g/mol. The van der Waals surface area contributed by atoms with Gasteiger partial charge in [0.2, 0.25) is 15.9 Å². The summed E-state index contributed by atoms with van der Waals surface area (Å²) >= 11 is 0. The van der Waals surface area contributed by atoms with E-state index in [9.17, 15) is 13.2 Å². The van der Waals surface area contributed by atoms with Gasteiger partial charge in [-0.25, -0.2) is 13.4 Å². The van der Waals surface area contributed by atoms with Crippen LogP contribution < -0.4 is 0 Å². The SMILES string of the molecule is O=C(Cc1ccc(-c2ccccc2)cc1)N1CCN(S(=O)(=O)c2c[nH]c3ncccc23)CC1. The van der Waals surface area contributed by atoms with Crippen molar-refractivity contribution in [2.24, 2.45) is 0 Å². The van der Waals surface area contributed by atoms with Crippen molar-refractivity contribution in [1.29, 1.82) is 0 Å². The summed E-state index contributed by atoms with van der Waals surface area (Å²) < 4.78 is 27.8. The minimum Gasteiger partial charge on any atom is -0.345 e. The third kappa shape index (κ3) is 4.27. The standard InChI is InChI=1S/C25H24N4O3S/c30-24(17-19-8-10-21(11-9-19)20-5-2-1-3-6-20)28-13-15-29(16-14-28)33(31,32)23-18-27-25-22(23)7-4-12-26-25/h1-12,18H,13-17H2,(H,26,27). The number of pyridine rings is 1. The molecule has 5 rings (SSSR count). The van der Waals surface area contributed by atoms with E-state index < -0.39 is 10.0 Å². The Kier molecular flexibility index (Phi) is 5.70. The van der Waals surface area contributed by atoms with Gasteiger partial charge in [0.25, 0.3) is 0 Å². The van der Waals surface area contributed by atoms with Gasteiger partial charge in [-0.3, -0.25) is 4.79 Å². The number of carbonyl (C=O) groups excluding carboxylic acids is 1. The van der Waals surface area contributed by atoms with Crippen molar-refractivity contribution in [2.45, 2.75) is 11.3 Å². The lowest BCUT2D eigenvalue weighted by molar-refractivity contribution is -0.131. The highest BCUT2D eigenvalue weighted by atomic mass is 32.2. The lowest BCUT2D eigenvalue weighted by Gasteiger charge is -2.34. The molecule has 4 aromatic rings. The van der Waals surface area contributed by atoms with Crippen molar-refractivity contribution in [3.05, 3.63) is 84.7 Å². The van der Waals surface area contributed by atoms with Gasteiger partial charge in [-0.2, -0.15) is 4.31 Å². The average Bonchev–Trinajstić information content (AvgIpc) is 3.30. The molecule has 1 N–H and O–H groups in total. The second-order valence-electron chi connectivity index (χ2n) is 8.08. The first-order chi connectivity index (χ1) is 16.0. The quantitative estimate of drug-likeness (QED) is 0.495. The molecule has 168 valence electrons. The Morgan fingerprint density at radius 1 is 0.879 bits per heavy atom. The summed E-state index contributed by atoms with van der Waals surface area (Å²) in [4.78, 5) is 21.9. The van der Waals surface area contributed by atoms with Crippen LogP contribution in [0.5, 0.6) is 0 Å². The van der Waals surface area contributed by atoms with E-state index in [-0.39, 0.29) is 23.9 Å². The Morgan fingerprint density at radius 2 is 1.58 bits per heavy atom. The summed E-state index contributed by atoms with van der Waals surface area (Å²) in [5, 5.41) is 0.579. The molecule has 0 spiro atoms. The number of hydrogen-bond acceptors (Lipinski definition) is 4. The zero-order chi connectivity index (χ0) is 22.8. The van der Waals surface area contributed by atoms with E-state index in [2.05, 4.69) is 22.1 Å². The molecule has 7 nitrogen and oxygen atoms in total. The van der Waals surface area contributed by atoms with Gasteiger partial charge in [0.05, 0.1) is 6.42 Å².